The third-order valence-corrected chi connectivity index (χ3v) is 28.6. The third kappa shape index (κ3) is 31.9. The zero-order valence-electron chi connectivity index (χ0n) is 84.1. The van der Waals surface area contributed by atoms with Crippen molar-refractivity contribution in [3.8, 4) is 0 Å². The van der Waals surface area contributed by atoms with Gasteiger partial charge in [0.05, 0.1) is 0 Å². The number of carbonyl (C=O) groups is 6. The minimum absolute atomic E-state index is 0.00315. The van der Waals surface area contributed by atoms with E-state index in [9.17, 15) is 50.7 Å². The molecule has 0 unspecified atom stereocenters. The molecule has 3 aliphatic carbocycles. The number of nitrogens with one attached hydrogen (secondary N) is 6. The summed E-state index contributed by atoms with van der Waals surface area (Å²) in [4.78, 5) is 127. The van der Waals surface area contributed by atoms with Crippen molar-refractivity contribution < 1.29 is 50.7 Å². The van der Waals surface area contributed by atoms with E-state index in [1.54, 1.807) is 18.2 Å². The summed E-state index contributed by atoms with van der Waals surface area (Å²) in [5, 5.41) is 16.6. The van der Waals surface area contributed by atoms with E-state index >= 15 is 0 Å². The van der Waals surface area contributed by atoms with Crippen LogP contribution in [0.5, 0.6) is 0 Å². The first-order valence-electron chi connectivity index (χ1n) is 50.0. The molecule has 6 aromatic heterocycles. The van der Waals surface area contributed by atoms with Crippen LogP contribution >= 0.6 is 0 Å². The molecule has 0 radical (unpaired) electrons. The molecule has 6 N–H and O–H groups in total. The number of amides is 6. The maximum atomic E-state index is 13.8. The molecule has 0 atom stereocenters. The molecule has 6 amide bonds. The lowest BCUT2D eigenvalue weighted by atomic mass is 9.85. The van der Waals surface area contributed by atoms with E-state index < -0.39 is 52.0 Å². The van der Waals surface area contributed by atoms with Crippen LogP contribution in [0.1, 0.15) is 175 Å². The van der Waals surface area contributed by atoms with Crippen LogP contribution in [0.15, 0.2) is 140 Å². The average molecular weight is 1940 g/mol. The molecular weight excluding hydrogens is 1790 g/mol. The highest BCUT2D eigenvalue weighted by atomic mass is 19.2. The van der Waals surface area contributed by atoms with Gasteiger partial charge in [0.1, 0.15) is 110 Å². The van der Waals surface area contributed by atoms with Crippen molar-refractivity contribution in [1.29, 1.82) is 0 Å². The van der Waals surface area contributed by atoms with Crippen molar-refractivity contribution in [2.24, 2.45) is 17.8 Å². The smallest absolute Gasteiger partial charge is 0.262 e. The van der Waals surface area contributed by atoms with Gasteiger partial charge >= 0.3 is 0 Å². The van der Waals surface area contributed by atoms with Gasteiger partial charge in [0.2, 0.25) is 23.6 Å². The molecule has 9 fully saturated rings. The zero-order valence-corrected chi connectivity index (χ0v) is 84.1. The van der Waals surface area contributed by atoms with Crippen LogP contribution in [-0.4, -0.2) is 294 Å². The monoisotopic (exact) mass is 1940 g/mol. The third-order valence-electron chi connectivity index (χ3n) is 28.6. The Kier molecular flexibility index (Phi) is 40.4. The molecular formula is C105H147F5N24O6. The van der Waals surface area contributed by atoms with E-state index in [0.29, 0.717) is 89.7 Å². The first kappa shape index (κ1) is 107. The Morgan fingerprint density at radius 1 is 0.279 bits per heavy atom. The first-order valence-corrected chi connectivity index (χ1v) is 50.0. The van der Waals surface area contributed by atoms with Gasteiger partial charge in [0, 0.05) is 115 Å². The SMILES string of the molecule is CCC(=O)Nc1cccc(N(C)C2CCN(C)CC2)n1.CN1CCC(N(C)c2cccc(NC(=O)C3CC3)n2)CC1.CN1CCC(N(C)c2cccc(NC(=O)C3CCC3)n2)CC1.CN1CCC(N(C)c2cccc(NC(=O)C3CCCCC3)n2)CC1.CN1CCC(N(C)c2cccc(NC(=O)c3c(F)cc(F)cc3F)n2)CC1.CN1CCC(N(C)c2cccc(NC(=O)c3c(F)cccc3F)n2)CC1. The Morgan fingerprint density at radius 2 is 0.493 bits per heavy atom. The second-order valence-electron chi connectivity index (χ2n) is 39.0. The van der Waals surface area contributed by atoms with Crippen molar-refractivity contribution >= 4 is 105 Å². The van der Waals surface area contributed by atoms with E-state index in [0.717, 1.165) is 230 Å². The minimum atomic E-state index is -1.26. The summed E-state index contributed by atoms with van der Waals surface area (Å²) >= 11 is 0. The summed E-state index contributed by atoms with van der Waals surface area (Å²) in [6, 6.07) is 40.8. The Morgan fingerprint density at radius 3 is 0.721 bits per heavy atom. The fourth-order valence-electron chi connectivity index (χ4n) is 18.7. The molecule has 2 aromatic carbocycles. The topological polar surface area (TPSA) is 291 Å². The second kappa shape index (κ2) is 52.7. The van der Waals surface area contributed by atoms with Gasteiger partial charge in [0.25, 0.3) is 11.8 Å². The van der Waals surface area contributed by atoms with Crippen LogP contribution in [-0.2, 0) is 19.2 Å². The number of carbonyl (C=O) groups excluding carboxylic acids is 6. The van der Waals surface area contributed by atoms with Crippen LogP contribution in [0.2, 0.25) is 0 Å². The van der Waals surface area contributed by atoms with Crippen molar-refractivity contribution in [3.05, 3.63) is 180 Å². The Bertz CT molecular complexity index is 5280. The molecule has 35 heteroatoms. The molecule has 6 aliphatic heterocycles. The van der Waals surface area contributed by atoms with Gasteiger partial charge < -0.3 is 90.7 Å². The van der Waals surface area contributed by atoms with Crippen LogP contribution < -0.4 is 61.3 Å². The molecule has 758 valence electrons. The highest BCUT2D eigenvalue weighted by Crippen LogP contribution is 2.35. The number of pyridine rings is 6. The van der Waals surface area contributed by atoms with Crippen LogP contribution in [0.25, 0.3) is 0 Å². The summed E-state index contributed by atoms with van der Waals surface area (Å²) in [5.74, 6) is 1.88. The van der Waals surface area contributed by atoms with E-state index in [-0.39, 0.29) is 53.0 Å². The molecule has 9 aliphatic rings. The number of hydrogen-bond donors (Lipinski definition) is 6. The van der Waals surface area contributed by atoms with Gasteiger partial charge in [0.15, 0.2) is 0 Å². The number of aromatic nitrogens is 6. The van der Waals surface area contributed by atoms with Gasteiger partial charge in [-0.1, -0.05) is 75.1 Å². The number of likely N-dealkylation sites (tertiary alicyclic amines) is 6. The van der Waals surface area contributed by atoms with Gasteiger partial charge in [-0.15, -0.1) is 0 Å². The molecule has 30 nitrogen and oxygen atoms in total. The summed E-state index contributed by atoms with van der Waals surface area (Å²) in [6.07, 6.45) is 24.7. The lowest BCUT2D eigenvalue weighted by Crippen LogP contribution is -2.42. The fraction of sp³-hybridized carbons (Fsp3) is 0.543. The Labute approximate surface area is 823 Å². The van der Waals surface area contributed by atoms with E-state index in [1.165, 1.54) is 37.8 Å². The highest BCUT2D eigenvalue weighted by molar-refractivity contribution is 6.05. The fourth-order valence-corrected chi connectivity index (χ4v) is 18.7. The normalized spacial score (nSPS) is 18.2. The molecule has 8 aromatic rings. The summed E-state index contributed by atoms with van der Waals surface area (Å²) in [7, 11) is 25.2. The number of rotatable bonds is 24. The number of hydrogen-bond acceptors (Lipinski definition) is 24. The van der Waals surface area contributed by atoms with Crippen molar-refractivity contribution in [3.63, 3.8) is 0 Å². The van der Waals surface area contributed by atoms with E-state index in [1.807, 2.05) is 111 Å². The maximum Gasteiger partial charge on any atom is 0.262 e. The molecule has 140 heavy (non-hydrogen) atoms. The van der Waals surface area contributed by atoms with Crippen molar-refractivity contribution in [1.82, 2.24) is 59.3 Å². The average Bonchev–Trinajstić information content (AvgIpc) is 0.896. The molecule has 3 saturated carbocycles. The number of benzene rings is 2. The minimum Gasteiger partial charge on any atom is -0.357 e. The highest BCUT2D eigenvalue weighted by Gasteiger charge is 2.34. The molecule has 17 rings (SSSR count). The molecule has 6 saturated heterocycles. The second-order valence-corrected chi connectivity index (χ2v) is 39.0. The van der Waals surface area contributed by atoms with Gasteiger partial charge in [-0.2, -0.15) is 0 Å². The Balaban J connectivity index is 0.000000151. The number of piperidine rings is 6. The van der Waals surface area contributed by atoms with Gasteiger partial charge in [-0.25, -0.2) is 51.9 Å². The Hall–Kier alpha value is -11.6. The number of halogens is 5. The van der Waals surface area contributed by atoms with E-state index in [2.05, 4.69) is 186 Å². The lowest BCUT2D eigenvalue weighted by Gasteiger charge is -2.35. The quantitative estimate of drug-likeness (QED) is 0.0306. The van der Waals surface area contributed by atoms with Crippen molar-refractivity contribution in [2.75, 3.05) is 224 Å². The van der Waals surface area contributed by atoms with E-state index in [4.69, 9.17) is 0 Å². The molecule has 0 bridgehead atoms. The summed E-state index contributed by atoms with van der Waals surface area (Å²) in [6.45, 7) is 14.9. The number of nitrogens with zero attached hydrogens (tertiary/aromatic N) is 18. The first-order chi connectivity index (χ1) is 67.3. The zero-order chi connectivity index (χ0) is 100. The summed E-state index contributed by atoms with van der Waals surface area (Å²) in [5.41, 5.74) is -1.45. The predicted molar refractivity (Wildman–Crippen MR) is 549 cm³/mol. The largest absolute Gasteiger partial charge is 0.357 e. The molecule has 12 heterocycles. The molecule has 0 spiro atoms. The van der Waals surface area contributed by atoms with Crippen LogP contribution in [0, 0.1) is 46.8 Å². The van der Waals surface area contributed by atoms with Crippen LogP contribution in [0.4, 0.5) is 91.8 Å². The summed E-state index contributed by atoms with van der Waals surface area (Å²) < 4.78 is 68.1. The predicted octanol–water partition coefficient (Wildman–Crippen LogP) is 15.8. The van der Waals surface area contributed by atoms with Gasteiger partial charge in [-0.05, 0) is 321 Å². The maximum absolute atomic E-state index is 13.8. The van der Waals surface area contributed by atoms with Crippen molar-refractivity contribution in [2.45, 2.75) is 191 Å². The lowest BCUT2D eigenvalue weighted by molar-refractivity contribution is -0.122. The number of anilines is 12. The van der Waals surface area contributed by atoms with Crippen LogP contribution in [0.3, 0.4) is 0 Å². The standard InChI is InChI=1S/C19H21F3N4O.C19H22F2N4O.C19H30N4O.C17H26N4O.C16H24N4O.C15H24N4O/c1-25-8-6-13(7-9-25)26(2)17-5-3-4-16(23-17)24-19(27)18-14(21)10-12(20)11-15(18)22;1-24-11-9-13(10-12-24)25(2)17-8-4-7-16(22-17)23-19(26)18-14(20)5-3-6-15(18)21;1-22-13-11-16(12-14-22)23(2)18-10-6-9-17(20-18)21-19(24)15-7-4-3-5-8-15;1-20-11-9-14(10-12-20)21(2)16-8-4-7-15(18-16)19-17(22)13-5-3-6-13;1-19-10-8-13(9-11-19)20(2)15-5-3-4-14(17-15)18-16(21)12-6-7-12;1-4-15(20)17-13-6-5-7-14(16-13)19(3)12-8-10-18(2)11-9-12/h3-5,10-11,13H,6-9H2,1-2H3,(H,23,24,27);3-8,13H,9-12H2,1-2H3,(H,22,23,26);6,9-10,15-16H,3-5,7-8,11-14H2,1-2H3,(H,20,21,24);4,7-8,13-14H,3,5-6,9-12H2,1-2H3,(H,18,19,22);3-5,12-13H,6-11H2,1-2H3,(H,17,18,21);5-7,12H,4,8-11H2,1-3H3,(H,16,17,20). The van der Waals surface area contributed by atoms with Gasteiger partial charge in [-0.3, -0.25) is 28.8 Å².